The molecule has 0 spiro atoms. The van der Waals surface area contributed by atoms with E-state index in [9.17, 15) is 8.42 Å². The van der Waals surface area contributed by atoms with E-state index in [1.807, 2.05) is 26.0 Å². The van der Waals surface area contributed by atoms with Crippen LogP contribution in [0.15, 0.2) is 23.1 Å². The Bertz CT molecular complexity index is 557. The normalized spacial score (nSPS) is 24.4. The van der Waals surface area contributed by atoms with E-state index in [4.69, 9.17) is 0 Å². The number of benzene rings is 1. The van der Waals surface area contributed by atoms with E-state index in [2.05, 4.69) is 20.7 Å². The molecule has 1 aliphatic rings. The quantitative estimate of drug-likeness (QED) is 0.854. The van der Waals surface area contributed by atoms with Crippen molar-refractivity contribution in [3.8, 4) is 0 Å². The summed E-state index contributed by atoms with van der Waals surface area (Å²) >= 11 is 3.58. The first-order chi connectivity index (χ1) is 8.90. The van der Waals surface area contributed by atoms with Gasteiger partial charge in [0.15, 0.2) is 0 Å². The van der Waals surface area contributed by atoms with Crippen molar-refractivity contribution in [2.75, 3.05) is 0 Å². The lowest BCUT2D eigenvalue weighted by Crippen LogP contribution is -2.42. The monoisotopic (exact) mass is 345 g/mol. The number of nitrogens with one attached hydrogen (secondary N) is 1. The molecule has 0 radical (unpaired) electrons. The number of alkyl halides is 1. The van der Waals surface area contributed by atoms with Crippen LogP contribution >= 0.6 is 15.9 Å². The zero-order valence-electron chi connectivity index (χ0n) is 11.3. The smallest absolute Gasteiger partial charge is 0.207 e. The molecular formula is C14H20BrNO2S. The van der Waals surface area contributed by atoms with Gasteiger partial charge in [-0.15, -0.1) is 0 Å². The van der Waals surface area contributed by atoms with Crippen molar-refractivity contribution in [2.24, 2.45) is 0 Å². The van der Waals surface area contributed by atoms with E-state index in [0.717, 1.165) is 36.8 Å². The minimum absolute atomic E-state index is 0.000506. The number of sulfonamides is 1. The number of hydrogen-bond donors (Lipinski definition) is 1. The van der Waals surface area contributed by atoms with Crippen molar-refractivity contribution in [3.63, 3.8) is 0 Å². The first-order valence-electron chi connectivity index (χ1n) is 6.64. The van der Waals surface area contributed by atoms with Gasteiger partial charge in [-0.3, -0.25) is 0 Å². The molecule has 0 heterocycles. The number of halogens is 1. The lowest BCUT2D eigenvalue weighted by atomic mass is 9.96. The highest BCUT2D eigenvalue weighted by atomic mass is 79.9. The summed E-state index contributed by atoms with van der Waals surface area (Å²) in [5, 5.41) is 0. The average molecular weight is 346 g/mol. The summed E-state index contributed by atoms with van der Waals surface area (Å²) in [5.74, 6) is 0. The molecule has 0 aromatic heterocycles. The van der Waals surface area contributed by atoms with Crippen LogP contribution in [0.25, 0.3) is 0 Å². The highest BCUT2D eigenvalue weighted by Crippen LogP contribution is 2.26. The molecule has 0 aliphatic heterocycles. The molecule has 1 saturated carbocycles. The molecule has 2 unspecified atom stereocenters. The summed E-state index contributed by atoms with van der Waals surface area (Å²) in [4.78, 5) is 0.630. The number of rotatable bonds is 3. The molecule has 1 aliphatic carbocycles. The molecule has 1 aromatic rings. The number of aryl methyl sites for hydroxylation is 2. The topological polar surface area (TPSA) is 46.2 Å². The first-order valence-corrected chi connectivity index (χ1v) is 9.04. The highest BCUT2D eigenvalue weighted by molar-refractivity contribution is 9.09. The van der Waals surface area contributed by atoms with Gasteiger partial charge < -0.3 is 0 Å². The minimum atomic E-state index is -3.42. The van der Waals surface area contributed by atoms with E-state index in [1.165, 1.54) is 0 Å². The van der Waals surface area contributed by atoms with Crippen molar-refractivity contribution in [1.82, 2.24) is 4.72 Å². The zero-order valence-corrected chi connectivity index (χ0v) is 13.7. The van der Waals surface area contributed by atoms with Gasteiger partial charge in [0, 0.05) is 10.9 Å². The van der Waals surface area contributed by atoms with Gasteiger partial charge >= 0.3 is 0 Å². The predicted octanol–water partition coefficient (Wildman–Crippen LogP) is 3.29. The maximum Gasteiger partial charge on any atom is 0.241 e. The van der Waals surface area contributed by atoms with Gasteiger partial charge in [0.25, 0.3) is 0 Å². The second kappa shape index (κ2) is 5.94. The Labute approximate surface area is 124 Å². The third kappa shape index (κ3) is 3.58. The van der Waals surface area contributed by atoms with E-state index in [1.54, 1.807) is 6.07 Å². The fraction of sp³-hybridized carbons (Fsp3) is 0.571. The van der Waals surface area contributed by atoms with Crippen molar-refractivity contribution < 1.29 is 8.42 Å². The summed E-state index contributed by atoms with van der Waals surface area (Å²) < 4.78 is 27.7. The molecule has 0 saturated heterocycles. The SMILES string of the molecule is Cc1ccc(S(=O)(=O)NC2CCCCC2Br)c(C)c1. The Kier molecular flexibility index (Phi) is 4.69. The fourth-order valence-corrected chi connectivity index (χ4v) is 5.01. The van der Waals surface area contributed by atoms with Gasteiger partial charge in [0.05, 0.1) is 4.90 Å². The molecular weight excluding hydrogens is 326 g/mol. The number of hydrogen-bond acceptors (Lipinski definition) is 2. The molecule has 1 N–H and O–H groups in total. The molecule has 2 rings (SSSR count). The largest absolute Gasteiger partial charge is 0.241 e. The molecule has 19 heavy (non-hydrogen) atoms. The summed E-state index contributed by atoms with van der Waals surface area (Å²) in [6.45, 7) is 3.81. The van der Waals surface area contributed by atoms with Gasteiger partial charge in [-0.2, -0.15) is 0 Å². The molecule has 0 bridgehead atoms. The van der Waals surface area contributed by atoms with E-state index in [-0.39, 0.29) is 10.9 Å². The molecule has 1 fully saturated rings. The van der Waals surface area contributed by atoms with Crippen LogP contribution in [0.1, 0.15) is 36.8 Å². The molecule has 2 atom stereocenters. The second-order valence-corrected chi connectivity index (χ2v) is 8.16. The molecule has 5 heteroatoms. The Morgan fingerprint density at radius 3 is 2.53 bits per heavy atom. The van der Waals surface area contributed by atoms with Crippen molar-refractivity contribution in [3.05, 3.63) is 29.3 Å². The van der Waals surface area contributed by atoms with Gasteiger partial charge in [0.1, 0.15) is 0 Å². The average Bonchev–Trinajstić information content (AvgIpc) is 2.31. The maximum atomic E-state index is 12.4. The summed E-state index contributed by atoms with van der Waals surface area (Å²) in [6.07, 6.45) is 4.18. The molecule has 106 valence electrons. The van der Waals surface area contributed by atoms with E-state index >= 15 is 0 Å². The Hall–Kier alpha value is -0.390. The van der Waals surface area contributed by atoms with Gasteiger partial charge in [-0.05, 0) is 38.3 Å². The minimum Gasteiger partial charge on any atom is -0.207 e. The summed E-state index contributed by atoms with van der Waals surface area (Å²) in [5.41, 5.74) is 1.88. The lowest BCUT2D eigenvalue weighted by molar-refractivity contribution is 0.427. The third-order valence-corrected chi connectivity index (χ3v) is 6.35. The molecule has 1 aromatic carbocycles. The van der Waals surface area contributed by atoms with Crippen LogP contribution in [0.3, 0.4) is 0 Å². The van der Waals surface area contributed by atoms with Crippen LogP contribution < -0.4 is 4.72 Å². The van der Waals surface area contributed by atoms with Crippen molar-refractivity contribution in [1.29, 1.82) is 0 Å². The van der Waals surface area contributed by atoms with Crippen LogP contribution in [0.2, 0.25) is 0 Å². The van der Waals surface area contributed by atoms with Crippen LogP contribution in [-0.2, 0) is 10.0 Å². The predicted molar refractivity (Wildman–Crippen MR) is 81.2 cm³/mol. The summed E-state index contributed by atoms with van der Waals surface area (Å²) in [7, 11) is -3.42. The molecule has 3 nitrogen and oxygen atoms in total. The highest BCUT2D eigenvalue weighted by Gasteiger charge is 2.28. The van der Waals surface area contributed by atoms with Gasteiger partial charge in [-0.25, -0.2) is 13.1 Å². The Balaban J connectivity index is 2.22. The van der Waals surface area contributed by atoms with Crippen LogP contribution in [0.4, 0.5) is 0 Å². The lowest BCUT2D eigenvalue weighted by Gasteiger charge is -2.28. The Morgan fingerprint density at radius 2 is 1.89 bits per heavy atom. The van der Waals surface area contributed by atoms with Gasteiger partial charge in [0.2, 0.25) is 10.0 Å². The van der Waals surface area contributed by atoms with Gasteiger partial charge in [-0.1, -0.05) is 46.5 Å². The van der Waals surface area contributed by atoms with Crippen LogP contribution in [0, 0.1) is 13.8 Å². The van der Waals surface area contributed by atoms with Crippen LogP contribution in [-0.4, -0.2) is 19.3 Å². The third-order valence-electron chi connectivity index (χ3n) is 3.61. The molecule has 0 amide bonds. The maximum absolute atomic E-state index is 12.4. The van der Waals surface area contributed by atoms with E-state index < -0.39 is 10.0 Å². The summed E-state index contributed by atoms with van der Waals surface area (Å²) in [6, 6.07) is 5.44. The zero-order chi connectivity index (χ0) is 14.0. The standard InChI is InChI=1S/C14H20BrNO2S/c1-10-7-8-14(11(2)9-10)19(17,18)16-13-6-4-3-5-12(13)15/h7-9,12-13,16H,3-6H2,1-2H3. The second-order valence-electron chi connectivity index (χ2n) is 5.30. The Morgan fingerprint density at radius 1 is 1.21 bits per heavy atom. The van der Waals surface area contributed by atoms with E-state index in [0.29, 0.717) is 4.90 Å². The fourth-order valence-electron chi connectivity index (χ4n) is 2.58. The van der Waals surface area contributed by atoms with Crippen molar-refractivity contribution in [2.45, 2.75) is 55.3 Å². The van der Waals surface area contributed by atoms with Crippen molar-refractivity contribution >= 4 is 26.0 Å². The first kappa shape index (κ1) is 15.0. The van der Waals surface area contributed by atoms with Crippen LogP contribution in [0.5, 0.6) is 0 Å².